The normalized spacial score (nSPS) is 11.3. The maximum absolute atomic E-state index is 12.6. The summed E-state index contributed by atoms with van der Waals surface area (Å²) >= 11 is 1.42. The third-order valence-corrected chi connectivity index (χ3v) is 6.70. The van der Waals surface area contributed by atoms with Crippen LogP contribution < -0.4 is 0 Å². The largest absolute Gasteiger partial charge is 0.406 e. The molecule has 3 rings (SSSR count). The minimum atomic E-state index is -3.85. The molecule has 0 fully saturated rings. The minimum Gasteiger partial charge on any atom is -0.406 e. The van der Waals surface area contributed by atoms with E-state index in [-0.39, 0.29) is 10.8 Å². The first-order chi connectivity index (χ1) is 12.3. The predicted molar refractivity (Wildman–Crippen MR) is 103 cm³/mol. The van der Waals surface area contributed by atoms with Gasteiger partial charge in [-0.05, 0) is 31.7 Å². The number of esters is 1. The highest BCUT2D eigenvalue weighted by atomic mass is 32.2. The number of sulfonamides is 1. The molecule has 7 heteroatoms. The van der Waals surface area contributed by atoms with Crippen molar-refractivity contribution in [3.05, 3.63) is 77.5 Å². The van der Waals surface area contributed by atoms with Crippen LogP contribution in [0.5, 0.6) is 0 Å². The molecule has 0 atom stereocenters. The van der Waals surface area contributed by atoms with Crippen LogP contribution in [0.4, 0.5) is 0 Å². The third kappa shape index (κ3) is 3.36. The molecule has 0 spiro atoms. The summed E-state index contributed by atoms with van der Waals surface area (Å²) in [5.74, 6) is -0.899. The maximum atomic E-state index is 12.6. The molecular weight excluding hydrogens is 370 g/mol. The van der Waals surface area contributed by atoms with Crippen LogP contribution >= 0.6 is 11.3 Å². The molecule has 0 saturated carbocycles. The summed E-state index contributed by atoms with van der Waals surface area (Å²) < 4.78 is 32.3. The molecule has 26 heavy (non-hydrogen) atoms. The highest BCUT2D eigenvalue weighted by molar-refractivity contribution is 7.89. The zero-order valence-electron chi connectivity index (χ0n) is 14.3. The van der Waals surface area contributed by atoms with Crippen LogP contribution in [0.2, 0.25) is 0 Å². The van der Waals surface area contributed by atoms with Gasteiger partial charge < -0.3 is 4.74 Å². The number of hydrogen-bond acceptors (Lipinski definition) is 5. The number of carbonyl (C=O) groups excluding carboxylic acids is 1. The molecule has 2 aromatic carbocycles. The van der Waals surface area contributed by atoms with Gasteiger partial charge in [-0.25, -0.2) is 17.5 Å². The van der Waals surface area contributed by atoms with Gasteiger partial charge in [-0.3, -0.25) is 0 Å². The smallest absolute Gasteiger partial charge is 0.346 e. The standard InChI is InChI=1S/C19H17NO4S2/c1-13-8-10-15(11-9-13)26(22,23)20(3)14(2)24-19(21)17-12-25-18-7-5-4-6-16(17)18/h4-12H,2H2,1,3H3. The Kier molecular flexibility index (Phi) is 4.84. The maximum Gasteiger partial charge on any atom is 0.346 e. The van der Waals surface area contributed by atoms with E-state index in [9.17, 15) is 13.2 Å². The van der Waals surface area contributed by atoms with Gasteiger partial charge in [0.1, 0.15) is 0 Å². The molecule has 5 nitrogen and oxygen atoms in total. The van der Waals surface area contributed by atoms with E-state index in [0.717, 1.165) is 20.0 Å². The van der Waals surface area contributed by atoms with Gasteiger partial charge in [0, 0.05) is 22.5 Å². The number of benzene rings is 2. The van der Waals surface area contributed by atoms with E-state index in [1.165, 1.54) is 30.5 Å². The van der Waals surface area contributed by atoms with Crippen molar-refractivity contribution in [2.24, 2.45) is 0 Å². The van der Waals surface area contributed by atoms with Gasteiger partial charge in [0.2, 0.25) is 5.88 Å². The SMILES string of the molecule is C=C(OC(=O)c1csc2ccccc12)N(C)S(=O)(=O)c1ccc(C)cc1. The van der Waals surface area contributed by atoms with E-state index >= 15 is 0 Å². The van der Waals surface area contributed by atoms with Crippen molar-refractivity contribution in [3.8, 4) is 0 Å². The zero-order chi connectivity index (χ0) is 18.9. The molecule has 0 aliphatic carbocycles. The molecular formula is C19H17NO4S2. The molecule has 3 aromatic rings. The Labute approximate surface area is 156 Å². The van der Waals surface area contributed by atoms with Crippen molar-refractivity contribution in [1.29, 1.82) is 0 Å². The van der Waals surface area contributed by atoms with Crippen LogP contribution in [-0.2, 0) is 14.8 Å². The first kappa shape index (κ1) is 18.2. The van der Waals surface area contributed by atoms with Crippen LogP contribution in [0.15, 0.2) is 71.3 Å². The molecule has 0 N–H and O–H groups in total. The van der Waals surface area contributed by atoms with Crippen LogP contribution in [-0.4, -0.2) is 25.7 Å². The predicted octanol–water partition coefficient (Wildman–Crippen LogP) is 4.16. The fraction of sp³-hybridized carbons (Fsp3) is 0.105. The lowest BCUT2D eigenvalue weighted by Crippen LogP contribution is -2.28. The molecule has 0 aliphatic heterocycles. The van der Waals surface area contributed by atoms with Gasteiger partial charge in [-0.1, -0.05) is 35.9 Å². The summed E-state index contributed by atoms with van der Waals surface area (Å²) in [5, 5.41) is 2.45. The molecule has 0 radical (unpaired) electrons. The van der Waals surface area contributed by atoms with Gasteiger partial charge >= 0.3 is 5.97 Å². The van der Waals surface area contributed by atoms with Gasteiger partial charge in [0.05, 0.1) is 10.5 Å². The average molecular weight is 387 g/mol. The van der Waals surface area contributed by atoms with Gasteiger partial charge in [0.25, 0.3) is 10.0 Å². The van der Waals surface area contributed by atoms with Crippen LogP contribution in [0.1, 0.15) is 15.9 Å². The van der Waals surface area contributed by atoms with Crippen LogP contribution in [0.25, 0.3) is 10.1 Å². The molecule has 0 amide bonds. The Bertz CT molecular complexity index is 1080. The number of fused-ring (bicyclic) bond motifs is 1. The number of hydrogen-bond donors (Lipinski definition) is 0. The highest BCUT2D eigenvalue weighted by Gasteiger charge is 2.25. The van der Waals surface area contributed by atoms with Crippen molar-refractivity contribution in [2.45, 2.75) is 11.8 Å². The van der Waals surface area contributed by atoms with Crippen LogP contribution in [0, 0.1) is 6.92 Å². The number of rotatable bonds is 5. The van der Waals surface area contributed by atoms with Crippen LogP contribution in [0.3, 0.4) is 0 Å². The van der Waals surface area contributed by atoms with Crippen molar-refractivity contribution in [1.82, 2.24) is 4.31 Å². The number of nitrogens with zero attached hydrogens (tertiary/aromatic N) is 1. The van der Waals surface area contributed by atoms with Crippen molar-refractivity contribution < 1.29 is 17.9 Å². The second kappa shape index (κ2) is 6.93. The Balaban J connectivity index is 1.80. The fourth-order valence-electron chi connectivity index (χ4n) is 2.36. The summed E-state index contributed by atoms with van der Waals surface area (Å²) in [6.45, 7) is 5.47. The quantitative estimate of drug-likeness (QED) is 0.487. The molecule has 0 unspecified atom stereocenters. The molecule has 0 bridgehead atoms. The van der Waals surface area contributed by atoms with E-state index in [1.54, 1.807) is 17.5 Å². The molecule has 0 saturated heterocycles. The Morgan fingerprint density at radius 1 is 1.12 bits per heavy atom. The molecule has 1 heterocycles. The van der Waals surface area contributed by atoms with Gasteiger partial charge in [0.15, 0.2) is 0 Å². The molecule has 134 valence electrons. The lowest BCUT2D eigenvalue weighted by atomic mass is 10.2. The van der Waals surface area contributed by atoms with Crippen molar-refractivity contribution in [3.63, 3.8) is 0 Å². The van der Waals surface area contributed by atoms with E-state index in [1.807, 2.05) is 31.2 Å². The highest BCUT2D eigenvalue weighted by Crippen LogP contribution is 2.27. The lowest BCUT2D eigenvalue weighted by Gasteiger charge is -2.20. The molecule has 1 aromatic heterocycles. The Morgan fingerprint density at radius 3 is 2.46 bits per heavy atom. The van der Waals surface area contributed by atoms with E-state index in [2.05, 4.69) is 6.58 Å². The van der Waals surface area contributed by atoms with Crippen molar-refractivity contribution in [2.75, 3.05) is 7.05 Å². The lowest BCUT2D eigenvalue weighted by molar-refractivity contribution is 0.0574. The van der Waals surface area contributed by atoms with E-state index < -0.39 is 16.0 Å². The van der Waals surface area contributed by atoms with Gasteiger partial charge in [-0.15, -0.1) is 11.3 Å². The van der Waals surface area contributed by atoms with E-state index in [4.69, 9.17) is 4.74 Å². The topological polar surface area (TPSA) is 63.7 Å². The number of ether oxygens (including phenoxy) is 1. The number of carbonyl (C=O) groups is 1. The summed E-state index contributed by atoms with van der Waals surface area (Å²) in [5.41, 5.74) is 1.33. The fourth-order valence-corrected chi connectivity index (χ4v) is 4.40. The third-order valence-electron chi connectivity index (χ3n) is 3.94. The van der Waals surface area contributed by atoms with E-state index in [0.29, 0.717) is 5.56 Å². The summed E-state index contributed by atoms with van der Waals surface area (Å²) in [6.07, 6.45) is 0. The first-order valence-corrected chi connectivity index (χ1v) is 10.1. The van der Waals surface area contributed by atoms with Crippen molar-refractivity contribution >= 4 is 37.4 Å². The Morgan fingerprint density at radius 2 is 1.77 bits per heavy atom. The first-order valence-electron chi connectivity index (χ1n) is 7.73. The number of aryl methyl sites for hydroxylation is 1. The second-order valence-corrected chi connectivity index (χ2v) is 8.59. The van der Waals surface area contributed by atoms with Gasteiger partial charge in [-0.2, -0.15) is 0 Å². The second-order valence-electron chi connectivity index (χ2n) is 5.71. The summed E-state index contributed by atoms with van der Waals surface area (Å²) in [6, 6.07) is 13.8. The molecule has 0 aliphatic rings. The summed E-state index contributed by atoms with van der Waals surface area (Å²) in [4.78, 5) is 12.5. The summed E-state index contributed by atoms with van der Waals surface area (Å²) in [7, 11) is -2.55. The number of thiophene rings is 1. The minimum absolute atomic E-state index is 0.101. The monoisotopic (exact) mass is 387 g/mol. The zero-order valence-corrected chi connectivity index (χ0v) is 15.9. The average Bonchev–Trinajstić information content (AvgIpc) is 3.05. The Hall–Kier alpha value is -2.64.